The molecule has 28 heavy (non-hydrogen) atoms. The van der Waals surface area contributed by atoms with Crippen molar-refractivity contribution in [3.05, 3.63) is 76.3 Å². The molecule has 0 aliphatic carbocycles. The lowest BCUT2D eigenvalue weighted by atomic mass is 10.0. The molecule has 144 valence electrons. The number of phenols is 1. The van der Waals surface area contributed by atoms with Gasteiger partial charge in [0.2, 0.25) is 10.9 Å². The van der Waals surface area contributed by atoms with Gasteiger partial charge in [-0.05, 0) is 53.6 Å². The van der Waals surface area contributed by atoms with Crippen LogP contribution in [0, 0.1) is 0 Å². The number of carboxylic acid groups (broad SMARTS) is 1. The Morgan fingerprint density at radius 2 is 1.50 bits per heavy atom. The summed E-state index contributed by atoms with van der Waals surface area (Å²) in [5.41, 5.74) is 1.44. The van der Waals surface area contributed by atoms with Crippen LogP contribution in [0.2, 0.25) is 10.0 Å². The number of aromatic carboxylic acids is 1. The van der Waals surface area contributed by atoms with Gasteiger partial charge in [0.1, 0.15) is 11.3 Å². The van der Waals surface area contributed by atoms with E-state index < -0.39 is 22.6 Å². The second-order valence-electron chi connectivity index (χ2n) is 5.76. The fourth-order valence-electron chi connectivity index (χ4n) is 2.71. The highest BCUT2D eigenvalue weighted by atomic mass is 35.5. The van der Waals surface area contributed by atoms with E-state index in [1.807, 2.05) is 0 Å². The van der Waals surface area contributed by atoms with Gasteiger partial charge in [-0.25, -0.2) is 17.5 Å². The molecule has 0 aliphatic heterocycles. The van der Waals surface area contributed by atoms with Crippen molar-refractivity contribution in [1.82, 2.24) is 0 Å². The van der Waals surface area contributed by atoms with Gasteiger partial charge >= 0.3 is 5.97 Å². The van der Waals surface area contributed by atoms with E-state index in [0.29, 0.717) is 26.9 Å². The van der Waals surface area contributed by atoms with Crippen LogP contribution < -0.4 is 4.31 Å². The van der Waals surface area contributed by atoms with E-state index in [2.05, 4.69) is 0 Å². The molecule has 0 aliphatic rings. The zero-order chi connectivity index (χ0) is 20.4. The normalized spacial score (nSPS) is 10.8. The van der Waals surface area contributed by atoms with Gasteiger partial charge in [0.05, 0.1) is 11.4 Å². The lowest BCUT2D eigenvalue weighted by Gasteiger charge is -2.19. The third-order valence-corrected chi connectivity index (χ3v) is 5.13. The number of nitrogens with zero attached hydrogens (tertiary/aromatic N) is 1. The summed E-state index contributed by atoms with van der Waals surface area (Å²) in [6.07, 6.45) is 0. The first-order chi connectivity index (χ1) is 13.3. The van der Waals surface area contributed by atoms with Crippen molar-refractivity contribution in [2.24, 2.45) is 0 Å². The topological polar surface area (TPSA) is 94.9 Å². The van der Waals surface area contributed by atoms with Crippen LogP contribution in [0.3, 0.4) is 0 Å². The van der Waals surface area contributed by atoms with Crippen molar-refractivity contribution in [2.75, 3.05) is 4.31 Å². The first-order valence-electron chi connectivity index (χ1n) is 7.83. The number of hydrogen-bond acceptors (Lipinski definition) is 4. The van der Waals surface area contributed by atoms with Gasteiger partial charge in [0.15, 0.2) is 0 Å². The zero-order valence-electron chi connectivity index (χ0n) is 14.0. The number of thiol groups is 1. The predicted molar refractivity (Wildman–Crippen MR) is 109 cm³/mol. The third kappa shape index (κ3) is 4.22. The minimum Gasteiger partial charge on any atom is -0.507 e. The highest BCUT2D eigenvalue weighted by molar-refractivity contribution is 7.74. The molecule has 3 aromatic carbocycles. The quantitative estimate of drug-likeness (QED) is 0.501. The molecule has 0 heterocycles. The predicted octanol–water partition coefficient (Wildman–Crippen LogP) is 4.73. The molecule has 0 radical (unpaired) electrons. The van der Waals surface area contributed by atoms with Crippen molar-refractivity contribution in [2.45, 2.75) is 0 Å². The first kappa shape index (κ1) is 20.0. The number of halogens is 2. The number of aromatic hydroxyl groups is 1. The fourth-order valence-corrected chi connectivity index (χ4v) is 3.86. The van der Waals surface area contributed by atoms with Crippen LogP contribution in [0.4, 0.5) is 11.4 Å². The monoisotopic (exact) mass is 437 g/mol. The Morgan fingerprint density at radius 3 is 2.07 bits per heavy atom. The highest BCUT2D eigenvalue weighted by Gasteiger charge is 2.17. The maximum Gasteiger partial charge on any atom is 0.339 e. The molecule has 6 nitrogen and oxygen atoms in total. The smallest absolute Gasteiger partial charge is 0.339 e. The van der Waals surface area contributed by atoms with Gasteiger partial charge < -0.3 is 10.2 Å². The largest absolute Gasteiger partial charge is 0.507 e. The van der Waals surface area contributed by atoms with Gasteiger partial charge in [-0.1, -0.05) is 35.3 Å². The van der Waals surface area contributed by atoms with Gasteiger partial charge in [0, 0.05) is 16.1 Å². The molecular formula is C19H13Cl2NO5S. The average Bonchev–Trinajstić information content (AvgIpc) is 2.61. The standard InChI is InChI=1S/C19H13Cl2NO5S/c20-13-6-12(7-14(21)9-13)11-2-1-3-15(8-11)22(28(26)27)16-4-5-17(19(24)25)18(23)10-16/h1-10,23,28H,(H,24,25). The third-order valence-electron chi connectivity index (χ3n) is 3.91. The van der Waals surface area contributed by atoms with Crippen molar-refractivity contribution in [3.8, 4) is 16.9 Å². The Hall–Kier alpha value is -2.74. The molecule has 0 spiro atoms. The number of carbonyl (C=O) groups is 1. The Balaban J connectivity index is 2.09. The van der Waals surface area contributed by atoms with Crippen molar-refractivity contribution >= 4 is 51.4 Å². The summed E-state index contributed by atoms with van der Waals surface area (Å²) in [5, 5.41) is 19.8. The number of hydrogen-bond donors (Lipinski definition) is 3. The average molecular weight is 438 g/mol. The second-order valence-corrected chi connectivity index (χ2v) is 7.51. The summed E-state index contributed by atoms with van der Waals surface area (Å²) in [5.74, 6) is -1.86. The lowest BCUT2D eigenvalue weighted by Crippen LogP contribution is -2.14. The van der Waals surface area contributed by atoms with E-state index in [9.17, 15) is 18.3 Å². The Morgan fingerprint density at radius 1 is 0.857 bits per heavy atom. The van der Waals surface area contributed by atoms with Crippen LogP contribution >= 0.6 is 23.2 Å². The summed E-state index contributed by atoms with van der Waals surface area (Å²) in [4.78, 5) is 11.0. The maximum atomic E-state index is 11.9. The van der Waals surface area contributed by atoms with E-state index >= 15 is 0 Å². The molecule has 0 atom stereocenters. The summed E-state index contributed by atoms with van der Waals surface area (Å²) in [7, 11) is -3.12. The molecule has 0 saturated carbocycles. The first-order valence-corrected chi connectivity index (χ1v) is 9.72. The zero-order valence-corrected chi connectivity index (χ0v) is 16.4. The van der Waals surface area contributed by atoms with Crippen LogP contribution in [0.5, 0.6) is 5.75 Å². The number of anilines is 2. The summed E-state index contributed by atoms with van der Waals surface area (Å²) in [6, 6.07) is 15.1. The summed E-state index contributed by atoms with van der Waals surface area (Å²) >= 11 is 12.1. The molecule has 0 unspecified atom stereocenters. The van der Waals surface area contributed by atoms with E-state index in [1.165, 1.54) is 6.07 Å². The Labute approximate surface area is 172 Å². The minimum absolute atomic E-state index is 0.0971. The van der Waals surface area contributed by atoms with E-state index in [0.717, 1.165) is 16.4 Å². The molecule has 3 aromatic rings. The molecule has 0 fully saturated rings. The van der Waals surface area contributed by atoms with Crippen molar-refractivity contribution < 1.29 is 23.4 Å². The minimum atomic E-state index is -3.12. The molecule has 0 saturated heterocycles. The van der Waals surface area contributed by atoms with Crippen LogP contribution in [0.1, 0.15) is 10.4 Å². The fraction of sp³-hybridized carbons (Fsp3) is 0. The maximum absolute atomic E-state index is 11.9. The van der Waals surface area contributed by atoms with Crippen molar-refractivity contribution in [3.63, 3.8) is 0 Å². The van der Waals surface area contributed by atoms with Crippen LogP contribution in [-0.2, 0) is 10.9 Å². The van der Waals surface area contributed by atoms with E-state index in [4.69, 9.17) is 28.3 Å². The number of carboxylic acids is 1. The van der Waals surface area contributed by atoms with E-state index in [-0.39, 0.29) is 11.3 Å². The van der Waals surface area contributed by atoms with Crippen LogP contribution in [0.15, 0.2) is 60.7 Å². The highest BCUT2D eigenvalue weighted by Crippen LogP contribution is 2.34. The summed E-state index contributed by atoms with van der Waals surface area (Å²) < 4.78 is 24.8. The van der Waals surface area contributed by atoms with Crippen molar-refractivity contribution in [1.29, 1.82) is 0 Å². The molecule has 0 amide bonds. The van der Waals surface area contributed by atoms with Gasteiger partial charge in [-0.3, -0.25) is 0 Å². The molecule has 0 bridgehead atoms. The van der Waals surface area contributed by atoms with Gasteiger partial charge in [-0.15, -0.1) is 0 Å². The molecule has 9 heteroatoms. The van der Waals surface area contributed by atoms with Crippen LogP contribution in [-0.4, -0.2) is 24.6 Å². The van der Waals surface area contributed by atoms with E-state index in [1.54, 1.807) is 42.5 Å². The molecule has 2 N–H and O–H groups in total. The summed E-state index contributed by atoms with van der Waals surface area (Å²) in [6.45, 7) is 0. The molecular weight excluding hydrogens is 425 g/mol. The van der Waals surface area contributed by atoms with Crippen LogP contribution in [0.25, 0.3) is 11.1 Å². The molecule has 0 aromatic heterocycles. The van der Waals surface area contributed by atoms with Gasteiger partial charge in [-0.2, -0.15) is 0 Å². The number of benzene rings is 3. The second kappa shape index (κ2) is 8.10. The molecule has 3 rings (SSSR count). The Bertz CT molecular complexity index is 1120. The lowest BCUT2D eigenvalue weighted by molar-refractivity contribution is 0.0694. The Kier molecular flexibility index (Phi) is 5.79. The SMILES string of the molecule is O=C(O)c1ccc(N(c2cccc(-c3cc(Cl)cc(Cl)c3)c2)[SH](=O)=O)cc1O. The number of rotatable bonds is 5. The van der Waals surface area contributed by atoms with Gasteiger partial charge in [0.25, 0.3) is 0 Å².